The van der Waals surface area contributed by atoms with Crippen LogP contribution in [0.2, 0.25) is 0 Å². The average Bonchev–Trinajstić information content (AvgIpc) is 2.86. The summed E-state index contributed by atoms with van der Waals surface area (Å²) in [5.41, 5.74) is 0.143. The molecule has 6 heteroatoms. The summed E-state index contributed by atoms with van der Waals surface area (Å²) in [6.45, 7) is 3.30. The fourth-order valence-corrected chi connectivity index (χ4v) is 3.39. The van der Waals surface area contributed by atoms with E-state index >= 15 is 0 Å². The molecule has 1 spiro atoms. The lowest BCUT2D eigenvalue weighted by molar-refractivity contribution is -0.136. The number of carbonyl (C=O) groups is 3. The molecule has 0 unspecified atom stereocenters. The van der Waals surface area contributed by atoms with Gasteiger partial charge in [-0.3, -0.25) is 14.5 Å². The number of rotatable bonds is 4. The van der Waals surface area contributed by atoms with Gasteiger partial charge in [-0.15, -0.1) is 0 Å². The molecule has 2 saturated heterocycles. The quantitative estimate of drug-likeness (QED) is 0.673. The van der Waals surface area contributed by atoms with E-state index in [1.807, 2.05) is 37.3 Å². The summed E-state index contributed by atoms with van der Waals surface area (Å²) in [5, 5.41) is 2.85. The largest absolute Gasteiger partial charge is 0.339 e. The van der Waals surface area contributed by atoms with Crippen LogP contribution in [0.25, 0.3) is 6.08 Å². The first-order chi connectivity index (χ1) is 12.1. The van der Waals surface area contributed by atoms with Crippen molar-refractivity contribution in [3.63, 3.8) is 0 Å². The number of amides is 4. The standard InChI is InChI=1S/C19H23N3O3/c1-2-12-22-17(24)19(20-18(22)25)10-13-21(14-11-19)16(23)9-8-15-6-4-3-5-7-15/h3-9H,2,10-14H2,1H3,(H,20,25)/b9-8+. The molecular weight excluding hydrogens is 318 g/mol. The molecule has 1 aromatic rings. The number of imide groups is 1. The van der Waals surface area contributed by atoms with Crippen molar-refractivity contribution >= 4 is 23.9 Å². The number of hydrogen-bond donors (Lipinski definition) is 1. The van der Waals surface area contributed by atoms with Crippen LogP contribution >= 0.6 is 0 Å². The van der Waals surface area contributed by atoms with Crippen molar-refractivity contribution in [1.29, 1.82) is 0 Å². The second-order valence-corrected chi connectivity index (χ2v) is 6.54. The van der Waals surface area contributed by atoms with E-state index in [1.54, 1.807) is 17.1 Å². The van der Waals surface area contributed by atoms with Crippen molar-refractivity contribution in [2.24, 2.45) is 0 Å². The zero-order chi connectivity index (χ0) is 17.9. The molecule has 0 saturated carbocycles. The predicted molar refractivity (Wildman–Crippen MR) is 94.6 cm³/mol. The predicted octanol–water partition coefficient (Wildman–Crippen LogP) is 2.02. The highest BCUT2D eigenvalue weighted by Crippen LogP contribution is 2.29. The average molecular weight is 341 g/mol. The van der Waals surface area contributed by atoms with E-state index in [0.29, 0.717) is 32.5 Å². The van der Waals surface area contributed by atoms with Gasteiger partial charge in [0.05, 0.1) is 0 Å². The number of likely N-dealkylation sites (tertiary alicyclic amines) is 1. The fraction of sp³-hybridized carbons (Fsp3) is 0.421. The van der Waals surface area contributed by atoms with Crippen LogP contribution in [0, 0.1) is 0 Å². The zero-order valence-electron chi connectivity index (χ0n) is 14.4. The molecule has 132 valence electrons. The molecule has 1 aromatic carbocycles. The maximum atomic E-state index is 12.6. The Kier molecular flexibility index (Phi) is 4.88. The number of benzene rings is 1. The third-order valence-electron chi connectivity index (χ3n) is 4.84. The molecule has 3 rings (SSSR count). The Morgan fingerprint density at radius 3 is 2.52 bits per heavy atom. The van der Waals surface area contributed by atoms with Crippen molar-refractivity contribution in [3.05, 3.63) is 42.0 Å². The number of hydrogen-bond acceptors (Lipinski definition) is 3. The van der Waals surface area contributed by atoms with Crippen LogP contribution < -0.4 is 5.32 Å². The zero-order valence-corrected chi connectivity index (χ0v) is 14.4. The molecule has 25 heavy (non-hydrogen) atoms. The van der Waals surface area contributed by atoms with Crippen molar-refractivity contribution in [3.8, 4) is 0 Å². The highest BCUT2D eigenvalue weighted by Gasteiger charge is 2.52. The number of urea groups is 1. The summed E-state index contributed by atoms with van der Waals surface area (Å²) in [6, 6.07) is 9.33. The number of carbonyl (C=O) groups excluding carboxylic acids is 3. The van der Waals surface area contributed by atoms with Gasteiger partial charge in [-0.25, -0.2) is 4.79 Å². The Morgan fingerprint density at radius 1 is 1.20 bits per heavy atom. The van der Waals surface area contributed by atoms with E-state index in [2.05, 4.69) is 5.32 Å². The molecule has 2 aliphatic rings. The molecule has 0 aromatic heterocycles. The minimum atomic E-state index is -0.827. The lowest BCUT2D eigenvalue weighted by atomic mass is 9.87. The molecule has 0 bridgehead atoms. The minimum Gasteiger partial charge on any atom is -0.339 e. The van der Waals surface area contributed by atoms with Gasteiger partial charge in [0.25, 0.3) is 5.91 Å². The molecule has 6 nitrogen and oxygen atoms in total. The van der Waals surface area contributed by atoms with Gasteiger partial charge in [0.15, 0.2) is 0 Å². The maximum absolute atomic E-state index is 12.6. The molecule has 2 aliphatic heterocycles. The maximum Gasteiger partial charge on any atom is 0.325 e. The van der Waals surface area contributed by atoms with Crippen molar-refractivity contribution < 1.29 is 14.4 Å². The second-order valence-electron chi connectivity index (χ2n) is 6.54. The van der Waals surface area contributed by atoms with Crippen LogP contribution in [0.15, 0.2) is 36.4 Å². The summed E-state index contributed by atoms with van der Waals surface area (Å²) < 4.78 is 0. The Bertz CT molecular complexity index is 691. The number of nitrogens with zero attached hydrogens (tertiary/aromatic N) is 2. The van der Waals surface area contributed by atoms with E-state index in [-0.39, 0.29) is 17.8 Å². The number of piperidine rings is 1. The summed E-state index contributed by atoms with van der Waals surface area (Å²) in [4.78, 5) is 40.0. The summed E-state index contributed by atoms with van der Waals surface area (Å²) in [7, 11) is 0. The van der Waals surface area contributed by atoms with E-state index in [1.165, 1.54) is 4.90 Å². The van der Waals surface area contributed by atoms with E-state index < -0.39 is 5.54 Å². The first-order valence-corrected chi connectivity index (χ1v) is 8.72. The van der Waals surface area contributed by atoms with Gasteiger partial charge >= 0.3 is 6.03 Å². The lowest BCUT2D eigenvalue weighted by Crippen LogP contribution is -2.55. The van der Waals surface area contributed by atoms with E-state index in [9.17, 15) is 14.4 Å². The third-order valence-corrected chi connectivity index (χ3v) is 4.84. The molecule has 0 atom stereocenters. The van der Waals surface area contributed by atoms with Gasteiger partial charge in [-0.2, -0.15) is 0 Å². The van der Waals surface area contributed by atoms with Gasteiger partial charge in [-0.05, 0) is 30.9 Å². The normalized spacial score (nSPS) is 19.7. The van der Waals surface area contributed by atoms with Crippen LogP contribution in [-0.4, -0.2) is 52.8 Å². The van der Waals surface area contributed by atoms with E-state index in [4.69, 9.17) is 0 Å². The second kappa shape index (κ2) is 7.09. The van der Waals surface area contributed by atoms with Crippen LogP contribution in [-0.2, 0) is 9.59 Å². The highest BCUT2D eigenvalue weighted by atomic mass is 16.2. The Hall–Kier alpha value is -2.63. The molecular formula is C19H23N3O3. The van der Waals surface area contributed by atoms with Crippen LogP contribution in [0.1, 0.15) is 31.7 Å². The molecule has 2 heterocycles. The third kappa shape index (κ3) is 3.43. The summed E-state index contributed by atoms with van der Waals surface area (Å²) in [6.07, 6.45) is 5.01. The van der Waals surface area contributed by atoms with Gasteiger partial charge in [0.2, 0.25) is 5.91 Å². The van der Waals surface area contributed by atoms with E-state index in [0.717, 1.165) is 12.0 Å². The first-order valence-electron chi connectivity index (χ1n) is 8.72. The van der Waals surface area contributed by atoms with Crippen LogP contribution in [0.4, 0.5) is 4.79 Å². The minimum absolute atomic E-state index is 0.0686. The van der Waals surface area contributed by atoms with Gasteiger partial charge in [0, 0.05) is 25.7 Å². The smallest absolute Gasteiger partial charge is 0.325 e. The monoisotopic (exact) mass is 341 g/mol. The Balaban J connectivity index is 1.60. The molecule has 4 amide bonds. The fourth-order valence-electron chi connectivity index (χ4n) is 3.39. The van der Waals surface area contributed by atoms with Crippen molar-refractivity contribution in [1.82, 2.24) is 15.1 Å². The Morgan fingerprint density at radius 2 is 1.88 bits per heavy atom. The van der Waals surface area contributed by atoms with Crippen molar-refractivity contribution in [2.45, 2.75) is 31.7 Å². The van der Waals surface area contributed by atoms with Crippen LogP contribution in [0.3, 0.4) is 0 Å². The molecule has 0 aliphatic carbocycles. The number of nitrogens with one attached hydrogen (secondary N) is 1. The van der Waals surface area contributed by atoms with Crippen LogP contribution in [0.5, 0.6) is 0 Å². The highest BCUT2D eigenvalue weighted by molar-refractivity contribution is 6.07. The summed E-state index contributed by atoms with van der Waals surface area (Å²) in [5.74, 6) is -0.216. The van der Waals surface area contributed by atoms with Gasteiger partial charge in [-0.1, -0.05) is 37.3 Å². The molecule has 0 radical (unpaired) electrons. The lowest BCUT2D eigenvalue weighted by Gasteiger charge is -2.36. The van der Waals surface area contributed by atoms with Gasteiger partial charge < -0.3 is 10.2 Å². The first kappa shape index (κ1) is 17.2. The Labute approximate surface area is 147 Å². The summed E-state index contributed by atoms with van der Waals surface area (Å²) >= 11 is 0. The molecule has 1 N–H and O–H groups in total. The molecule has 2 fully saturated rings. The van der Waals surface area contributed by atoms with Crippen molar-refractivity contribution in [2.75, 3.05) is 19.6 Å². The topological polar surface area (TPSA) is 69.7 Å². The SMILES string of the molecule is CCCN1C(=O)NC2(CCN(C(=O)/C=C/c3ccccc3)CC2)C1=O. The van der Waals surface area contributed by atoms with Gasteiger partial charge in [0.1, 0.15) is 5.54 Å².